The Labute approximate surface area is 211 Å². The van der Waals surface area contributed by atoms with Gasteiger partial charge in [-0.1, -0.05) is 25.5 Å². The number of benzene rings is 1. The molecule has 1 spiro atoms. The minimum atomic E-state index is -1.46. The minimum Gasteiger partial charge on any atom is -0.507 e. The predicted octanol–water partition coefficient (Wildman–Crippen LogP) is 4.58. The molecule has 3 heterocycles. The predicted molar refractivity (Wildman–Crippen MR) is 132 cm³/mol. The van der Waals surface area contributed by atoms with Gasteiger partial charge in [0, 0.05) is 42.1 Å². The molecule has 36 heavy (non-hydrogen) atoms. The first-order chi connectivity index (χ1) is 16.7. The molecule has 7 rings (SSSR count). The number of phenols is 1. The van der Waals surface area contributed by atoms with Crippen LogP contribution in [0.15, 0.2) is 29.4 Å². The van der Waals surface area contributed by atoms with Gasteiger partial charge in [-0.2, -0.15) is 0 Å². The highest BCUT2D eigenvalue weighted by atomic mass is 16.6. The van der Waals surface area contributed by atoms with Gasteiger partial charge < -0.3 is 24.1 Å². The molecular weight excluding hydrogens is 460 g/mol. The van der Waals surface area contributed by atoms with Gasteiger partial charge in [0.15, 0.2) is 17.0 Å². The van der Waals surface area contributed by atoms with Crippen LogP contribution in [0.4, 0.5) is 0 Å². The molecule has 1 saturated carbocycles. The molecule has 5 atom stereocenters. The maximum atomic E-state index is 14.4. The van der Waals surface area contributed by atoms with Gasteiger partial charge in [-0.3, -0.25) is 9.59 Å². The number of Topliss-reactive ketones (excluding diaryl/α,β-unsaturated/α-hetero) is 2. The van der Waals surface area contributed by atoms with E-state index in [4.69, 9.17) is 18.9 Å². The van der Waals surface area contributed by atoms with Gasteiger partial charge in [0.05, 0.1) is 5.60 Å². The number of phenolic OH excluding ortho intramolecular Hbond substituents is 1. The second kappa shape index (κ2) is 6.62. The second-order valence-electron chi connectivity index (χ2n) is 12.4. The number of allylic oxidation sites excluding steroid dienone is 1. The van der Waals surface area contributed by atoms with Crippen molar-refractivity contribution >= 4 is 11.6 Å². The fraction of sp³-hybridized carbons (Fsp3) is 0.586. The molecule has 1 N–H and O–H groups in total. The quantitative estimate of drug-likeness (QED) is 0.615. The molecule has 3 aliphatic carbocycles. The first-order valence-corrected chi connectivity index (χ1v) is 12.7. The fourth-order valence-corrected chi connectivity index (χ4v) is 7.37. The van der Waals surface area contributed by atoms with E-state index in [-0.39, 0.29) is 41.3 Å². The summed E-state index contributed by atoms with van der Waals surface area (Å²) in [6, 6.07) is 1.51. The van der Waals surface area contributed by atoms with Crippen LogP contribution in [0.25, 0.3) is 0 Å². The maximum Gasteiger partial charge on any atom is 0.205 e. The third kappa shape index (κ3) is 2.37. The summed E-state index contributed by atoms with van der Waals surface area (Å²) >= 11 is 0. The Hall–Kier alpha value is -2.64. The summed E-state index contributed by atoms with van der Waals surface area (Å²) < 4.78 is 25.8. The van der Waals surface area contributed by atoms with E-state index in [2.05, 4.69) is 0 Å². The Morgan fingerprint density at radius 3 is 2.56 bits per heavy atom. The van der Waals surface area contributed by atoms with Crippen LogP contribution in [0, 0.1) is 5.92 Å². The number of carbonyl (C=O) groups excluding carboxylic acids is 2. The van der Waals surface area contributed by atoms with Crippen molar-refractivity contribution in [1.29, 1.82) is 0 Å². The molecule has 3 aliphatic heterocycles. The van der Waals surface area contributed by atoms with Crippen LogP contribution in [0.3, 0.4) is 0 Å². The van der Waals surface area contributed by atoms with Crippen LogP contribution in [-0.2, 0) is 19.7 Å². The molecule has 6 aliphatic rings. The van der Waals surface area contributed by atoms with E-state index in [1.807, 2.05) is 54.5 Å². The average molecular weight is 495 g/mol. The topological polar surface area (TPSA) is 91.3 Å². The third-order valence-electron chi connectivity index (χ3n) is 9.49. The van der Waals surface area contributed by atoms with Gasteiger partial charge in [0.2, 0.25) is 5.78 Å². The van der Waals surface area contributed by atoms with Crippen LogP contribution >= 0.6 is 0 Å². The largest absolute Gasteiger partial charge is 0.507 e. The third-order valence-corrected chi connectivity index (χ3v) is 9.49. The summed E-state index contributed by atoms with van der Waals surface area (Å²) in [5, 5.41) is 11.0. The number of carbonyl (C=O) groups is 2. The van der Waals surface area contributed by atoms with Crippen molar-refractivity contribution in [2.45, 2.75) is 95.2 Å². The van der Waals surface area contributed by atoms with Gasteiger partial charge in [-0.15, -0.1) is 0 Å². The molecule has 1 aromatic carbocycles. The lowest BCUT2D eigenvalue weighted by atomic mass is 9.49. The standard InChI is InChI=1S/C29H34O7/c1-14(2)9-10-28-24(32)27(33-8)12-16-22(31)20-17(30)11-18-21(25(4,5)15(3)34-18)23(20)35-29(16,28)19(13-27)26(6,7)36-28/h9,11-12,15,19,30H,10,13H2,1-8H3/t15-,19-,27+,28+,29-/m0/s1. The first kappa shape index (κ1) is 23.7. The average Bonchev–Trinajstić information content (AvgIpc) is 3.10. The summed E-state index contributed by atoms with van der Waals surface area (Å²) in [4.78, 5) is 28.7. The normalized spacial score (nSPS) is 37.9. The molecule has 192 valence electrons. The van der Waals surface area contributed by atoms with E-state index in [1.54, 1.807) is 6.08 Å². The number of rotatable bonds is 3. The van der Waals surface area contributed by atoms with Crippen molar-refractivity contribution in [3.8, 4) is 17.2 Å². The molecule has 4 bridgehead atoms. The van der Waals surface area contributed by atoms with Crippen LogP contribution < -0.4 is 9.47 Å². The van der Waals surface area contributed by atoms with Crippen molar-refractivity contribution in [3.63, 3.8) is 0 Å². The highest BCUT2D eigenvalue weighted by Crippen LogP contribution is 2.70. The number of hydrogen-bond donors (Lipinski definition) is 1. The van der Waals surface area contributed by atoms with Gasteiger partial charge in [-0.05, 0) is 47.1 Å². The lowest BCUT2D eigenvalue weighted by Crippen LogP contribution is -2.77. The number of ether oxygens (including phenoxy) is 4. The Morgan fingerprint density at radius 1 is 1.22 bits per heavy atom. The maximum absolute atomic E-state index is 14.4. The summed E-state index contributed by atoms with van der Waals surface area (Å²) in [6.45, 7) is 13.9. The van der Waals surface area contributed by atoms with Crippen LogP contribution in [0.1, 0.15) is 77.2 Å². The van der Waals surface area contributed by atoms with Crippen molar-refractivity contribution in [1.82, 2.24) is 0 Å². The van der Waals surface area contributed by atoms with E-state index < -0.39 is 27.8 Å². The van der Waals surface area contributed by atoms with Crippen LogP contribution in [-0.4, -0.2) is 52.3 Å². The highest BCUT2D eigenvalue weighted by Gasteiger charge is 2.84. The van der Waals surface area contributed by atoms with Crippen molar-refractivity contribution in [2.75, 3.05) is 7.11 Å². The molecule has 2 fully saturated rings. The number of aromatic hydroxyl groups is 1. The molecule has 0 unspecified atom stereocenters. The van der Waals surface area contributed by atoms with Crippen molar-refractivity contribution in [2.24, 2.45) is 5.92 Å². The molecule has 7 nitrogen and oxygen atoms in total. The molecule has 0 amide bonds. The Kier molecular flexibility index (Phi) is 4.36. The number of fused-ring (bicyclic) bond motifs is 3. The van der Waals surface area contributed by atoms with Crippen LogP contribution in [0.5, 0.6) is 17.2 Å². The first-order valence-electron chi connectivity index (χ1n) is 12.7. The Morgan fingerprint density at radius 2 is 1.92 bits per heavy atom. The SMILES string of the molecule is CO[C@]12C=C3C(=O)c4c(O)cc5c(c4O[C@]34[C@@H](C1)C(C)(C)O[C@]4(CC=C(C)C)C2=O)C(C)(C)[C@H](C)O5. The van der Waals surface area contributed by atoms with Gasteiger partial charge >= 0.3 is 0 Å². The van der Waals surface area contributed by atoms with E-state index in [0.717, 1.165) is 11.1 Å². The molecular formula is C29H34O7. The fourth-order valence-electron chi connectivity index (χ4n) is 7.37. The van der Waals surface area contributed by atoms with E-state index in [0.29, 0.717) is 23.5 Å². The summed E-state index contributed by atoms with van der Waals surface area (Å²) in [5.74, 6) is -0.319. The highest BCUT2D eigenvalue weighted by molar-refractivity contribution is 6.19. The van der Waals surface area contributed by atoms with E-state index in [9.17, 15) is 14.7 Å². The summed E-state index contributed by atoms with van der Waals surface area (Å²) in [5.41, 5.74) is -3.17. The smallest absolute Gasteiger partial charge is 0.205 e. The van der Waals surface area contributed by atoms with E-state index >= 15 is 0 Å². The lowest BCUT2D eigenvalue weighted by molar-refractivity contribution is -0.190. The van der Waals surface area contributed by atoms with Crippen LogP contribution in [0.2, 0.25) is 0 Å². The molecule has 1 aromatic rings. The molecule has 1 saturated heterocycles. The van der Waals surface area contributed by atoms with Crippen molar-refractivity contribution in [3.05, 3.63) is 40.5 Å². The van der Waals surface area contributed by atoms with Gasteiger partial charge in [0.1, 0.15) is 34.5 Å². The Balaban J connectivity index is 1.71. The molecule has 0 radical (unpaired) electrons. The zero-order chi connectivity index (χ0) is 26.2. The van der Waals surface area contributed by atoms with Crippen molar-refractivity contribution < 1.29 is 33.6 Å². The zero-order valence-electron chi connectivity index (χ0n) is 22.2. The second-order valence-corrected chi connectivity index (χ2v) is 12.4. The number of methoxy groups -OCH3 is 1. The number of hydrogen-bond acceptors (Lipinski definition) is 7. The monoisotopic (exact) mass is 494 g/mol. The zero-order valence-corrected chi connectivity index (χ0v) is 22.2. The van der Waals surface area contributed by atoms with Gasteiger partial charge in [-0.25, -0.2) is 0 Å². The molecule has 7 heteroatoms. The molecule has 0 aromatic heterocycles. The lowest BCUT2D eigenvalue weighted by Gasteiger charge is -2.59. The Bertz CT molecular complexity index is 1310. The summed E-state index contributed by atoms with van der Waals surface area (Å²) in [7, 11) is 1.50. The minimum absolute atomic E-state index is 0.109. The summed E-state index contributed by atoms with van der Waals surface area (Å²) in [6.07, 6.45) is 4.00. The number of ketones is 2. The van der Waals surface area contributed by atoms with Gasteiger partial charge in [0.25, 0.3) is 0 Å². The van der Waals surface area contributed by atoms with E-state index in [1.165, 1.54) is 13.2 Å².